The summed E-state index contributed by atoms with van der Waals surface area (Å²) in [7, 11) is 0. The summed E-state index contributed by atoms with van der Waals surface area (Å²) in [6, 6.07) is 4.53. The van der Waals surface area contributed by atoms with Crippen molar-refractivity contribution >= 4 is 5.91 Å². The molecule has 1 heterocycles. The molecule has 2 fully saturated rings. The van der Waals surface area contributed by atoms with Gasteiger partial charge in [0.25, 0.3) is 0 Å². The minimum absolute atomic E-state index is 0.299. The van der Waals surface area contributed by atoms with Crippen LogP contribution in [0.15, 0.2) is 24.5 Å². The summed E-state index contributed by atoms with van der Waals surface area (Å²) in [5, 5.41) is 0. The van der Waals surface area contributed by atoms with E-state index in [4.69, 9.17) is 0 Å². The Labute approximate surface area is 108 Å². The van der Waals surface area contributed by atoms with Crippen molar-refractivity contribution in [1.82, 2.24) is 9.88 Å². The van der Waals surface area contributed by atoms with E-state index in [0.717, 1.165) is 19.4 Å². The zero-order valence-electron chi connectivity index (χ0n) is 10.7. The highest BCUT2D eigenvalue weighted by molar-refractivity contribution is 5.79. The average molecular weight is 244 g/mol. The van der Waals surface area contributed by atoms with E-state index >= 15 is 0 Å². The highest BCUT2D eigenvalue weighted by Crippen LogP contribution is 2.33. The van der Waals surface area contributed by atoms with Crippen LogP contribution in [-0.2, 0) is 11.3 Å². The molecule has 2 saturated carbocycles. The van der Waals surface area contributed by atoms with Gasteiger partial charge in [0.2, 0.25) is 5.91 Å². The Morgan fingerprint density at radius 1 is 1.17 bits per heavy atom. The zero-order valence-corrected chi connectivity index (χ0v) is 10.7. The van der Waals surface area contributed by atoms with E-state index in [-0.39, 0.29) is 0 Å². The lowest BCUT2D eigenvalue weighted by Gasteiger charge is -2.25. The normalized spacial score (nSPS) is 20.0. The van der Waals surface area contributed by atoms with Crippen molar-refractivity contribution in [3.05, 3.63) is 30.1 Å². The monoisotopic (exact) mass is 244 g/mol. The van der Waals surface area contributed by atoms with E-state index in [1.54, 1.807) is 12.4 Å². The first-order valence-electron chi connectivity index (χ1n) is 7.04. The number of hydrogen-bond donors (Lipinski definition) is 0. The van der Waals surface area contributed by atoms with Crippen molar-refractivity contribution in [1.29, 1.82) is 0 Å². The SMILES string of the molecule is O=C(C1CCCC1)N(Cc1ccncc1)C1CC1. The molecule has 0 atom stereocenters. The molecular formula is C15H20N2O. The first-order valence-corrected chi connectivity index (χ1v) is 7.04. The summed E-state index contributed by atoms with van der Waals surface area (Å²) in [6.45, 7) is 0.766. The summed E-state index contributed by atoms with van der Waals surface area (Å²) >= 11 is 0. The number of carbonyl (C=O) groups excluding carboxylic acids is 1. The second kappa shape index (κ2) is 5.09. The zero-order chi connectivity index (χ0) is 12.4. The van der Waals surface area contributed by atoms with Crippen LogP contribution in [0.2, 0.25) is 0 Å². The molecule has 3 nitrogen and oxygen atoms in total. The molecule has 2 aliphatic carbocycles. The molecule has 2 aliphatic rings. The lowest BCUT2D eigenvalue weighted by molar-refractivity contribution is -0.136. The molecule has 1 aromatic rings. The van der Waals surface area contributed by atoms with E-state index in [1.165, 1.54) is 31.2 Å². The average Bonchev–Trinajstić information content (AvgIpc) is 3.10. The second-order valence-corrected chi connectivity index (χ2v) is 5.53. The van der Waals surface area contributed by atoms with E-state index in [9.17, 15) is 4.79 Å². The van der Waals surface area contributed by atoms with Gasteiger partial charge in [-0.3, -0.25) is 9.78 Å². The predicted octanol–water partition coefficient (Wildman–Crippen LogP) is 2.76. The van der Waals surface area contributed by atoms with Gasteiger partial charge >= 0.3 is 0 Å². The van der Waals surface area contributed by atoms with Crippen LogP contribution in [0, 0.1) is 5.92 Å². The van der Waals surface area contributed by atoms with Crippen molar-refractivity contribution < 1.29 is 4.79 Å². The first kappa shape index (κ1) is 11.7. The molecule has 3 rings (SSSR count). The largest absolute Gasteiger partial charge is 0.335 e. The van der Waals surface area contributed by atoms with Crippen molar-refractivity contribution in [3.63, 3.8) is 0 Å². The lowest BCUT2D eigenvalue weighted by atomic mass is 10.1. The molecule has 0 spiro atoms. The van der Waals surface area contributed by atoms with Crippen LogP contribution >= 0.6 is 0 Å². The minimum atomic E-state index is 0.299. The van der Waals surface area contributed by atoms with Crippen molar-refractivity contribution in [2.24, 2.45) is 5.92 Å². The van der Waals surface area contributed by atoms with Crippen molar-refractivity contribution in [3.8, 4) is 0 Å². The number of aromatic nitrogens is 1. The van der Waals surface area contributed by atoms with Crippen molar-refractivity contribution in [2.75, 3.05) is 0 Å². The Hall–Kier alpha value is -1.38. The third-order valence-electron chi connectivity index (χ3n) is 4.08. The maximum absolute atomic E-state index is 12.5. The molecule has 0 radical (unpaired) electrons. The van der Waals surface area contributed by atoms with Crippen LogP contribution in [-0.4, -0.2) is 21.8 Å². The quantitative estimate of drug-likeness (QED) is 0.816. The van der Waals surface area contributed by atoms with Crippen LogP contribution in [0.1, 0.15) is 44.1 Å². The fraction of sp³-hybridized carbons (Fsp3) is 0.600. The van der Waals surface area contributed by atoms with Gasteiger partial charge in [-0.25, -0.2) is 0 Å². The highest BCUT2D eigenvalue weighted by Gasteiger charge is 2.36. The van der Waals surface area contributed by atoms with Crippen LogP contribution in [0.5, 0.6) is 0 Å². The number of carbonyl (C=O) groups is 1. The number of rotatable bonds is 4. The third-order valence-corrected chi connectivity index (χ3v) is 4.08. The molecule has 0 bridgehead atoms. The highest BCUT2D eigenvalue weighted by atomic mass is 16.2. The number of amides is 1. The fourth-order valence-corrected chi connectivity index (χ4v) is 2.87. The summed E-state index contributed by atoms with van der Waals surface area (Å²) in [6.07, 6.45) is 10.6. The predicted molar refractivity (Wildman–Crippen MR) is 69.8 cm³/mol. The molecule has 0 aliphatic heterocycles. The van der Waals surface area contributed by atoms with Crippen LogP contribution in [0.3, 0.4) is 0 Å². The Kier molecular flexibility index (Phi) is 3.31. The Bertz CT molecular complexity index is 408. The van der Waals surface area contributed by atoms with Crippen LogP contribution < -0.4 is 0 Å². The van der Waals surface area contributed by atoms with E-state index < -0.39 is 0 Å². The summed E-state index contributed by atoms with van der Waals surface area (Å²) in [5.41, 5.74) is 1.20. The third kappa shape index (κ3) is 2.55. The first-order chi connectivity index (χ1) is 8.84. The molecule has 0 aromatic carbocycles. The molecule has 96 valence electrons. The molecule has 0 saturated heterocycles. The number of nitrogens with zero attached hydrogens (tertiary/aromatic N) is 2. The van der Waals surface area contributed by atoms with Crippen LogP contribution in [0.4, 0.5) is 0 Å². The molecule has 18 heavy (non-hydrogen) atoms. The topological polar surface area (TPSA) is 33.2 Å². The standard InChI is InChI=1S/C15H20N2O/c18-15(13-3-1-2-4-13)17(14-5-6-14)11-12-7-9-16-10-8-12/h7-10,13-14H,1-6,11H2. The maximum Gasteiger partial charge on any atom is 0.226 e. The second-order valence-electron chi connectivity index (χ2n) is 5.53. The molecule has 1 amide bonds. The maximum atomic E-state index is 12.5. The van der Waals surface area contributed by atoms with Crippen molar-refractivity contribution in [2.45, 2.75) is 51.1 Å². The summed E-state index contributed by atoms with van der Waals surface area (Å²) < 4.78 is 0. The van der Waals surface area contributed by atoms with Crippen LogP contribution in [0.25, 0.3) is 0 Å². The number of hydrogen-bond acceptors (Lipinski definition) is 2. The van der Waals surface area contributed by atoms with Gasteiger partial charge in [0, 0.05) is 30.9 Å². The Morgan fingerprint density at radius 2 is 1.83 bits per heavy atom. The molecule has 1 aromatic heterocycles. The minimum Gasteiger partial charge on any atom is -0.335 e. The van der Waals surface area contributed by atoms with Gasteiger partial charge in [-0.15, -0.1) is 0 Å². The Balaban J connectivity index is 1.70. The van der Waals surface area contributed by atoms with Gasteiger partial charge in [0.05, 0.1) is 0 Å². The van der Waals surface area contributed by atoms with Gasteiger partial charge in [0.1, 0.15) is 0 Å². The lowest BCUT2D eigenvalue weighted by Crippen LogP contribution is -2.36. The van der Waals surface area contributed by atoms with E-state index in [1.807, 2.05) is 12.1 Å². The van der Waals surface area contributed by atoms with Gasteiger partial charge in [0.15, 0.2) is 0 Å². The van der Waals surface area contributed by atoms with Gasteiger partial charge < -0.3 is 4.90 Å². The fourth-order valence-electron chi connectivity index (χ4n) is 2.87. The van der Waals surface area contributed by atoms with E-state index in [0.29, 0.717) is 17.9 Å². The molecule has 0 unspecified atom stereocenters. The molecule has 0 N–H and O–H groups in total. The van der Waals surface area contributed by atoms with E-state index in [2.05, 4.69) is 9.88 Å². The Morgan fingerprint density at radius 3 is 2.44 bits per heavy atom. The molecular weight excluding hydrogens is 224 g/mol. The smallest absolute Gasteiger partial charge is 0.226 e. The summed E-state index contributed by atoms with van der Waals surface area (Å²) in [4.78, 5) is 18.7. The van der Waals surface area contributed by atoms with Gasteiger partial charge in [-0.2, -0.15) is 0 Å². The van der Waals surface area contributed by atoms with Gasteiger partial charge in [-0.1, -0.05) is 12.8 Å². The number of pyridine rings is 1. The molecule has 3 heteroatoms. The van der Waals surface area contributed by atoms with Gasteiger partial charge in [-0.05, 0) is 43.4 Å². The summed E-state index contributed by atoms with van der Waals surface area (Å²) in [5.74, 6) is 0.694.